The molecule has 4 aliphatic rings. The molecule has 5 atom stereocenters. The predicted octanol–water partition coefficient (Wildman–Crippen LogP) is 2.65. The molecule has 1 aromatic carbocycles. The maximum Gasteiger partial charge on any atom is 0.251 e. The van der Waals surface area contributed by atoms with Crippen LogP contribution in [0.5, 0.6) is 0 Å². The van der Waals surface area contributed by atoms with E-state index < -0.39 is 27.4 Å². The van der Waals surface area contributed by atoms with Gasteiger partial charge in [0.1, 0.15) is 6.04 Å². The summed E-state index contributed by atoms with van der Waals surface area (Å²) in [6.07, 6.45) is 8.31. The van der Waals surface area contributed by atoms with Crippen LogP contribution in [0.1, 0.15) is 18.9 Å². The Labute approximate surface area is 214 Å². The van der Waals surface area contributed by atoms with Gasteiger partial charge in [-0.25, -0.2) is 0 Å². The first-order chi connectivity index (χ1) is 16.7. The van der Waals surface area contributed by atoms with Crippen LogP contribution < -0.4 is 4.90 Å². The molecule has 7 nitrogen and oxygen atoms in total. The van der Waals surface area contributed by atoms with E-state index in [1.807, 2.05) is 50.3 Å². The van der Waals surface area contributed by atoms with E-state index in [0.29, 0.717) is 30.2 Å². The number of aliphatic hydroxyl groups is 1. The van der Waals surface area contributed by atoms with E-state index in [9.17, 15) is 19.5 Å². The maximum absolute atomic E-state index is 14.4. The Morgan fingerprint density at radius 3 is 2.54 bits per heavy atom. The number of aliphatic hydroxyl groups excluding tert-OH is 1. The third-order valence-electron chi connectivity index (χ3n) is 7.77. The second-order valence-electron chi connectivity index (χ2n) is 9.98. The van der Waals surface area contributed by atoms with Gasteiger partial charge in [-0.1, -0.05) is 48.0 Å². The molecule has 0 radical (unpaired) electrons. The molecule has 0 aromatic heterocycles. The Balaban J connectivity index is 1.67. The van der Waals surface area contributed by atoms with Crippen molar-refractivity contribution in [1.29, 1.82) is 0 Å². The van der Waals surface area contributed by atoms with Crippen LogP contribution in [0.15, 0.2) is 42.5 Å². The molecule has 1 spiro atoms. The maximum atomic E-state index is 14.4. The Morgan fingerprint density at radius 2 is 1.83 bits per heavy atom. The molecule has 5 rings (SSSR count). The standard InChI is InChI=1S/C26H30ClN3O4S/c1-16-8-4-9-17(27)20(16)29-13-6-11-26-19(23(33)30(14-7-15-31)21(26)24(29)34)18-22(32)28(3)12-5-10-25(18,2)35-26/h4-6,8-11,18-19,21,31H,7,12-15H2,1-3H3/t18-,19-,21?,25+,26-/m0/s1. The van der Waals surface area contributed by atoms with E-state index in [4.69, 9.17) is 11.6 Å². The second kappa shape index (κ2) is 8.68. The van der Waals surface area contributed by atoms with Gasteiger partial charge in [0.15, 0.2) is 0 Å². The summed E-state index contributed by atoms with van der Waals surface area (Å²) in [7, 11) is 1.75. The van der Waals surface area contributed by atoms with E-state index in [-0.39, 0.29) is 30.9 Å². The normalized spacial score (nSPS) is 34.1. The minimum Gasteiger partial charge on any atom is -0.396 e. The van der Waals surface area contributed by atoms with E-state index in [1.54, 1.807) is 39.6 Å². The lowest BCUT2D eigenvalue weighted by atomic mass is 9.74. The van der Waals surface area contributed by atoms with Crippen molar-refractivity contribution in [2.24, 2.45) is 11.8 Å². The first-order valence-corrected chi connectivity index (χ1v) is 13.1. The van der Waals surface area contributed by atoms with Gasteiger partial charge in [-0.3, -0.25) is 14.4 Å². The van der Waals surface area contributed by atoms with Gasteiger partial charge in [0.2, 0.25) is 11.8 Å². The van der Waals surface area contributed by atoms with Crippen molar-refractivity contribution < 1.29 is 19.5 Å². The number of thioether (sulfide) groups is 1. The molecule has 4 aliphatic heterocycles. The molecule has 9 heteroatoms. The van der Waals surface area contributed by atoms with Crippen molar-refractivity contribution >= 4 is 46.8 Å². The van der Waals surface area contributed by atoms with Crippen molar-refractivity contribution in [3.8, 4) is 0 Å². The summed E-state index contributed by atoms with van der Waals surface area (Å²) in [6.45, 7) is 4.88. The largest absolute Gasteiger partial charge is 0.396 e. The van der Waals surface area contributed by atoms with Crippen molar-refractivity contribution in [2.45, 2.75) is 35.8 Å². The predicted molar refractivity (Wildman–Crippen MR) is 137 cm³/mol. The van der Waals surface area contributed by atoms with Crippen molar-refractivity contribution in [2.75, 3.05) is 38.2 Å². The number of hydrogen-bond donors (Lipinski definition) is 1. The zero-order chi connectivity index (χ0) is 25.1. The molecule has 1 aromatic rings. The van der Waals surface area contributed by atoms with Gasteiger partial charge < -0.3 is 19.8 Å². The Kier molecular flexibility index (Phi) is 6.05. The zero-order valence-electron chi connectivity index (χ0n) is 20.1. The number of anilines is 1. The molecule has 0 aliphatic carbocycles. The first kappa shape index (κ1) is 24.4. The average Bonchev–Trinajstić information content (AvgIpc) is 3.08. The first-order valence-electron chi connectivity index (χ1n) is 11.9. The summed E-state index contributed by atoms with van der Waals surface area (Å²) in [5, 5.41) is 10.0. The number of hydrogen-bond acceptors (Lipinski definition) is 5. The second-order valence-corrected chi connectivity index (χ2v) is 12.2. The van der Waals surface area contributed by atoms with E-state index >= 15 is 0 Å². The topological polar surface area (TPSA) is 81.2 Å². The zero-order valence-corrected chi connectivity index (χ0v) is 21.7. The number of fused-ring (bicyclic) bond motifs is 2. The van der Waals surface area contributed by atoms with E-state index in [0.717, 1.165) is 5.56 Å². The molecule has 186 valence electrons. The van der Waals surface area contributed by atoms with Crippen LogP contribution in [-0.4, -0.2) is 81.5 Å². The summed E-state index contributed by atoms with van der Waals surface area (Å²) in [4.78, 5) is 46.9. The molecule has 2 fully saturated rings. The lowest BCUT2D eigenvalue weighted by Gasteiger charge is -2.37. The summed E-state index contributed by atoms with van der Waals surface area (Å²) < 4.78 is -1.52. The number of nitrogens with zero attached hydrogens (tertiary/aromatic N) is 3. The number of amides is 3. The van der Waals surface area contributed by atoms with Gasteiger partial charge >= 0.3 is 0 Å². The highest BCUT2D eigenvalue weighted by Gasteiger charge is 2.73. The monoisotopic (exact) mass is 515 g/mol. The molecular weight excluding hydrogens is 486 g/mol. The summed E-state index contributed by atoms with van der Waals surface area (Å²) in [5.41, 5.74) is 1.51. The van der Waals surface area contributed by atoms with Crippen LogP contribution in [0.2, 0.25) is 5.02 Å². The number of likely N-dealkylation sites (N-methyl/N-ethyl adjacent to an activating group) is 1. The molecule has 3 amide bonds. The van der Waals surface area contributed by atoms with Gasteiger partial charge in [-0.2, -0.15) is 0 Å². The minimum atomic E-state index is -0.898. The fourth-order valence-corrected chi connectivity index (χ4v) is 8.77. The van der Waals surface area contributed by atoms with Gasteiger partial charge in [0.05, 0.1) is 27.3 Å². The number of likely N-dealkylation sites (tertiary alicyclic amines) is 1. The average molecular weight is 516 g/mol. The van der Waals surface area contributed by atoms with Crippen LogP contribution in [0, 0.1) is 18.8 Å². The fraction of sp³-hybridized carbons (Fsp3) is 0.500. The van der Waals surface area contributed by atoms with Crippen molar-refractivity contribution in [3.05, 3.63) is 53.1 Å². The quantitative estimate of drug-likeness (QED) is 0.623. The Hall–Kier alpha value is -2.29. The van der Waals surface area contributed by atoms with Crippen LogP contribution in [0.25, 0.3) is 0 Å². The third-order valence-corrected chi connectivity index (χ3v) is 9.88. The molecule has 2 saturated heterocycles. The van der Waals surface area contributed by atoms with Gasteiger partial charge in [0.25, 0.3) is 5.91 Å². The van der Waals surface area contributed by atoms with Crippen LogP contribution >= 0.6 is 23.4 Å². The summed E-state index contributed by atoms with van der Waals surface area (Å²) >= 11 is 8.12. The summed E-state index contributed by atoms with van der Waals surface area (Å²) in [6, 6.07) is 4.71. The minimum absolute atomic E-state index is 0.0770. The molecule has 0 bridgehead atoms. The summed E-state index contributed by atoms with van der Waals surface area (Å²) in [5.74, 6) is -1.75. The SMILES string of the molecule is Cc1cccc(Cl)c1N1CC=C[C@]23S[C@]4(C)C=CCN(C)C(=O)[C@@H]4[C@H]2C(=O)N(CCCO)C3C1=O. The highest BCUT2D eigenvalue weighted by molar-refractivity contribution is 8.02. The molecule has 4 heterocycles. The molecule has 1 N–H and O–H groups in total. The van der Waals surface area contributed by atoms with Crippen molar-refractivity contribution in [3.63, 3.8) is 0 Å². The van der Waals surface area contributed by atoms with Crippen molar-refractivity contribution in [1.82, 2.24) is 9.80 Å². The lowest BCUT2D eigenvalue weighted by Crippen LogP contribution is -2.53. The van der Waals surface area contributed by atoms with Crippen LogP contribution in [0.4, 0.5) is 5.69 Å². The fourth-order valence-electron chi connectivity index (χ4n) is 6.29. The molecular formula is C26H30ClN3O4S. The Morgan fingerprint density at radius 1 is 1.09 bits per heavy atom. The van der Waals surface area contributed by atoms with Crippen LogP contribution in [0.3, 0.4) is 0 Å². The highest BCUT2D eigenvalue weighted by Crippen LogP contribution is 2.65. The molecule has 35 heavy (non-hydrogen) atoms. The van der Waals surface area contributed by atoms with Gasteiger partial charge in [-0.05, 0) is 31.9 Å². The van der Waals surface area contributed by atoms with E-state index in [2.05, 4.69) is 0 Å². The highest BCUT2D eigenvalue weighted by atomic mass is 35.5. The molecule has 0 saturated carbocycles. The number of carbonyl (C=O) groups excluding carboxylic acids is 3. The number of halogens is 1. The number of para-hydroxylation sites is 1. The van der Waals surface area contributed by atoms with Gasteiger partial charge in [0, 0.05) is 38.0 Å². The van der Waals surface area contributed by atoms with Gasteiger partial charge in [-0.15, -0.1) is 11.8 Å². The number of aryl methyl sites for hydroxylation is 1. The third kappa shape index (κ3) is 3.48. The Bertz CT molecular complexity index is 1140. The van der Waals surface area contributed by atoms with Crippen LogP contribution in [-0.2, 0) is 14.4 Å². The lowest BCUT2D eigenvalue weighted by molar-refractivity contribution is -0.143. The smallest absolute Gasteiger partial charge is 0.251 e. The number of carbonyl (C=O) groups is 3. The number of benzene rings is 1. The molecule has 1 unspecified atom stereocenters. The van der Waals surface area contributed by atoms with E-state index in [1.165, 1.54) is 0 Å². The number of rotatable bonds is 4.